The summed E-state index contributed by atoms with van der Waals surface area (Å²) in [6, 6.07) is 7.00. The van der Waals surface area contributed by atoms with E-state index in [1.165, 1.54) is 4.90 Å². The minimum Gasteiger partial charge on any atom is -0.490 e. The van der Waals surface area contributed by atoms with Gasteiger partial charge in [-0.2, -0.15) is 0 Å². The molecule has 1 N–H and O–H groups in total. The lowest BCUT2D eigenvalue weighted by atomic mass is 10.1. The van der Waals surface area contributed by atoms with Gasteiger partial charge in [0.1, 0.15) is 12.4 Å². The first-order valence-electron chi connectivity index (χ1n) is 5.98. The summed E-state index contributed by atoms with van der Waals surface area (Å²) in [6.07, 6.45) is 1.71. The average Bonchev–Trinajstić information content (AvgIpc) is 2.79. The number of rotatable bonds is 5. The van der Waals surface area contributed by atoms with Gasteiger partial charge in [0.25, 0.3) is 0 Å². The molecule has 5 nitrogen and oxygen atoms in total. The van der Waals surface area contributed by atoms with Gasteiger partial charge in [-0.05, 0) is 24.3 Å². The highest BCUT2D eigenvalue weighted by molar-refractivity contribution is 5.99. The SMILES string of the molecule is C=CCOc1ccc(N2C[C@H](C(=O)O)CC2=O)cc1. The molecule has 1 amide bonds. The van der Waals surface area contributed by atoms with E-state index in [-0.39, 0.29) is 18.9 Å². The summed E-state index contributed by atoms with van der Waals surface area (Å²) in [5, 5.41) is 8.93. The number of amides is 1. The molecule has 100 valence electrons. The van der Waals surface area contributed by atoms with Crippen molar-refractivity contribution in [1.82, 2.24) is 0 Å². The molecule has 0 radical (unpaired) electrons. The van der Waals surface area contributed by atoms with Crippen LogP contribution in [0.5, 0.6) is 5.75 Å². The van der Waals surface area contributed by atoms with E-state index in [1.54, 1.807) is 30.3 Å². The van der Waals surface area contributed by atoms with Crippen molar-refractivity contribution >= 4 is 17.6 Å². The number of ether oxygens (including phenoxy) is 1. The molecule has 0 aromatic heterocycles. The van der Waals surface area contributed by atoms with Crippen LogP contribution in [0.1, 0.15) is 6.42 Å². The molecule has 1 aromatic carbocycles. The summed E-state index contributed by atoms with van der Waals surface area (Å²) in [4.78, 5) is 24.1. The highest BCUT2D eigenvalue weighted by Crippen LogP contribution is 2.26. The lowest BCUT2D eigenvalue weighted by Gasteiger charge is -2.16. The maximum absolute atomic E-state index is 11.8. The zero-order valence-corrected chi connectivity index (χ0v) is 10.4. The van der Waals surface area contributed by atoms with Crippen molar-refractivity contribution < 1.29 is 19.4 Å². The number of anilines is 1. The van der Waals surface area contributed by atoms with E-state index in [0.29, 0.717) is 18.0 Å². The Bertz CT molecular complexity index is 495. The third kappa shape index (κ3) is 2.93. The first-order valence-corrected chi connectivity index (χ1v) is 5.98. The van der Waals surface area contributed by atoms with E-state index >= 15 is 0 Å². The van der Waals surface area contributed by atoms with Gasteiger partial charge < -0.3 is 14.7 Å². The smallest absolute Gasteiger partial charge is 0.308 e. The third-order valence-corrected chi connectivity index (χ3v) is 2.99. The standard InChI is InChI=1S/C14H15NO4/c1-2-7-19-12-5-3-11(4-6-12)15-9-10(14(17)18)8-13(15)16/h2-6,10H,1,7-9H2,(H,17,18)/t10-/m1/s1. The van der Waals surface area contributed by atoms with E-state index in [9.17, 15) is 9.59 Å². The van der Waals surface area contributed by atoms with Crippen LogP contribution in [0.25, 0.3) is 0 Å². The Morgan fingerprint density at radius 3 is 2.68 bits per heavy atom. The number of hydrogen-bond donors (Lipinski definition) is 1. The van der Waals surface area contributed by atoms with E-state index in [0.717, 1.165) is 0 Å². The molecule has 0 spiro atoms. The molecule has 1 fully saturated rings. The highest BCUT2D eigenvalue weighted by Gasteiger charge is 2.34. The number of carboxylic acid groups (broad SMARTS) is 1. The van der Waals surface area contributed by atoms with Crippen LogP contribution in [-0.2, 0) is 9.59 Å². The van der Waals surface area contributed by atoms with Crippen molar-refractivity contribution in [3.8, 4) is 5.75 Å². The Morgan fingerprint density at radius 1 is 1.47 bits per heavy atom. The Morgan fingerprint density at radius 2 is 2.16 bits per heavy atom. The Labute approximate surface area is 111 Å². The molecule has 1 atom stereocenters. The Kier molecular flexibility index (Phi) is 3.85. The predicted octanol–water partition coefficient (Wildman–Crippen LogP) is 1.69. The first kappa shape index (κ1) is 13.1. The predicted molar refractivity (Wildman–Crippen MR) is 70.2 cm³/mol. The fourth-order valence-electron chi connectivity index (χ4n) is 2.00. The van der Waals surface area contributed by atoms with E-state index in [4.69, 9.17) is 9.84 Å². The monoisotopic (exact) mass is 261 g/mol. The van der Waals surface area contributed by atoms with Crippen LogP contribution in [-0.4, -0.2) is 30.1 Å². The molecule has 0 bridgehead atoms. The largest absolute Gasteiger partial charge is 0.490 e. The molecular weight excluding hydrogens is 246 g/mol. The zero-order valence-electron chi connectivity index (χ0n) is 10.4. The minimum absolute atomic E-state index is 0.0596. The van der Waals surface area contributed by atoms with Crippen LogP contribution < -0.4 is 9.64 Å². The van der Waals surface area contributed by atoms with Crippen LogP contribution in [0, 0.1) is 5.92 Å². The van der Waals surface area contributed by atoms with E-state index in [2.05, 4.69) is 6.58 Å². The van der Waals surface area contributed by atoms with E-state index < -0.39 is 11.9 Å². The summed E-state index contributed by atoms with van der Waals surface area (Å²) in [5.41, 5.74) is 0.694. The van der Waals surface area contributed by atoms with Crippen LogP contribution >= 0.6 is 0 Å². The van der Waals surface area contributed by atoms with Crippen LogP contribution in [0.15, 0.2) is 36.9 Å². The number of carboxylic acids is 1. The second-order valence-corrected chi connectivity index (χ2v) is 4.34. The van der Waals surface area contributed by atoms with Gasteiger partial charge in [0.2, 0.25) is 5.91 Å². The lowest BCUT2D eigenvalue weighted by Crippen LogP contribution is -2.25. The Balaban J connectivity index is 2.08. The quantitative estimate of drug-likeness (QED) is 0.819. The van der Waals surface area contributed by atoms with Crippen molar-refractivity contribution in [3.05, 3.63) is 36.9 Å². The molecule has 0 aliphatic carbocycles. The summed E-state index contributed by atoms with van der Waals surface area (Å²) in [7, 11) is 0. The second-order valence-electron chi connectivity index (χ2n) is 4.34. The number of benzene rings is 1. The van der Waals surface area contributed by atoms with Crippen molar-refractivity contribution in [1.29, 1.82) is 0 Å². The van der Waals surface area contributed by atoms with Gasteiger partial charge in [0, 0.05) is 18.7 Å². The Hall–Kier alpha value is -2.30. The maximum atomic E-state index is 11.8. The summed E-state index contributed by atoms with van der Waals surface area (Å²) in [6.45, 7) is 4.20. The van der Waals surface area contributed by atoms with Gasteiger partial charge in [0.05, 0.1) is 5.92 Å². The molecule has 19 heavy (non-hydrogen) atoms. The van der Waals surface area contributed by atoms with Gasteiger partial charge in [-0.3, -0.25) is 9.59 Å². The minimum atomic E-state index is -0.929. The van der Waals surface area contributed by atoms with Gasteiger partial charge in [-0.1, -0.05) is 12.7 Å². The van der Waals surface area contributed by atoms with Crippen molar-refractivity contribution in [3.63, 3.8) is 0 Å². The van der Waals surface area contributed by atoms with Gasteiger partial charge >= 0.3 is 5.97 Å². The van der Waals surface area contributed by atoms with Crippen molar-refractivity contribution in [2.75, 3.05) is 18.1 Å². The molecule has 5 heteroatoms. The van der Waals surface area contributed by atoms with Gasteiger partial charge in [-0.15, -0.1) is 0 Å². The second kappa shape index (κ2) is 5.56. The molecule has 1 saturated heterocycles. The topological polar surface area (TPSA) is 66.8 Å². The normalized spacial score (nSPS) is 18.4. The molecule has 1 aromatic rings. The van der Waals surface area contributed by atoms with Crippen molar-refractivity contribution in [2.45, 2.75) is 6.42 Å². The summed E-state index contributed by atoms with van der Waals surface area (Å²) >= 11 is 0. The number of hydrogen-bond acceptors (Lipinski definition) is 3. The molecule has 0 unspecified atom stereocenters. The van der Waals surface area contributed by atoms with Gasteiger partial charge in [0.15, 0.2) is 0 Å². The fraction of sp³-hybridized carbons (Fsp3) is 0.286. The summed E-state index contributed by atoms with van der Waals surface area (Å²) in [5.74, 6) is -1.02. The van der Waals surface area contributed by atoms with E-state index in [1.807, 2.05) is 0 Å². The third-order valence-electron chi connectivity index (χ3n) is 2.99. The van der Waals surface area contributed by atoms with Crippen LogP contribution in [0.3, 0.4) is 0 Å². The molecule has 1 aliphatic rings. The average molecular weight is 261 g/mol. The molecular formula is C14H15NO4. The zero-order chi connectivity index (χ0) is 13.8. The lowest BCUT2D eigenvalue weighted by molar-refractivity contribution is -0.141. The summed E-state index contributed by atoms with van der Waals surface area (Å²) < 4.78 is 5.34. The maximum Gasteiger partial charge on any atom is 0.308 e. The molecule has 0 saturated carbocycles. The fourth-order valence-corrected chi connectivity index (χ4v) is 2.00. The molecule has 2 rings (SSSR count). The number of nitrogens with zero attached hydrogens (tertiary/aromatic N) is 1. The number of aliphatic carboxylic acids is 1. The van der Waals surface area contributed by atoms with Gasteiger partial charge in [-0.25, -0.2) is 0 Å². The van der Waals surface area contributed by atoms with Crippen LogP contribution in [0.4, 0.5) is 5.69 Å². The number of carbonyl (C=O) groups excluding carboxylic acids is 1. The van der Waals surface area contributed by atoms with Crippen LogP contribution in [0.2, 0.25) is 0 Å². The molecule has 1 aliphatic heterocycles. The first-order chi connectivity index (χ1) is 9.11. The molecule has 1 heterocycles. The highest BCUT2D eigenvalue weighted by atomic mass is 16.5. The number of carbonyl (C=O) groups is 2. The van der Waals surface area contributed by atoms with Crippen molar-refractivity contribution in [2.24, 2.45) is 5.92 Å².